The molecule has 0 bridgehead atoms. The first-order chi connectivity index (χ1) is 8.93. The number of carbonyl (C=O) groups excluding carboxylic acids is 2. The molecule has 0 aliphatic carbocycles. The quantitative estimate of drug-likeness (QED) is 0.502. The van der Waals surface area contributed by atoms with Crippen molar-refractivity contribution < 1.29 is 24.2 Å². The molecule has 0 spiro atoms. The highest BCUT2D eigenvalue weighted by molar-refractivity contribution is 5.89. The van der Waals surface area contributed by atoms with E-state index in [1.165, 1.54) is 25.1 Å². The third-order valence-corrected chi connectivity index (χ3v) is 2.16. The van der Waals surface area contributed by atoms with Crippen LogP contribution in [0, 0.1) is 0 Å². The van der Waals surface area contributed by atoms with Gasteiger partial charge in [-0.15, -0.1) is 0 Å². The van der Waals surface area contributed by atoms with Gasteiger partial charge in [0, 0.05) is 18.1 Å². The minimum Gasteiger partial charge on any atom is -0.508 e. The fourth-order valence-electron chi connectivity index (χ4n) is 1.23. The normalized spacial score (nSPS) is 9.79. The zero-order chi connectivity index (χ0) is 14.4. The lowest BCUT2D eigenvalue weighted by Gasteiger charge is -2.10. The number of phenols is 1. The first kappa shape index (κ1) is 14.8. The Morgan fingerprint density at radius 1 is 1.26 bits per heavy atom. The summed E-state index contributed by atoms with van der Waals surface area (Å²) in [6.45, 7) is 6.80. The predicted molar refractivity (Wildman–Crippen MR) is 69.1 cm³/mol. The van der Waals surface area contributed by atoms with Crippen molar-refractivity contribution in [2.75, 3.05) is 0 Å². The van der Waals surface area contributed by atoms with Crippen LogP contribution in [0.25, 0.3) is 0 Å². The number of rotatable bonds is 5. The van der Waals surface area contributed by atoms with Crippen molar-refractivity contribution in [3.05, 3.63) is 30.4 Å². The van der Waals surface area contributed by atoms with Gasteiger partial charge in [-0.1, -0.05) is 13.5 Å². The topological polar surface area (TPSA) is 72.8 Å². The third kappa shape index (κ3) is 4.46. The van der Waals surface area contributed by atoms with E-state index in [1.54, 1.807) is 0 Å². The van der Waals surface area contributed by atoms with Gasteiger partial charge in [-0.05, 0) is 25.5 Å². The van der Waals surface area contributed by atoms with Gasteiger partial charge in [-0.25, -0.2) is 4.79 Å². The van der Waals surface area contributed by atoms with E-state index in [0.29, 0.717) is 6.42 Å². The van der Waals surface area contributed by atoms with Gasteiger partial charge in [0.05, 0.1) is 0 Å². The van der Waals surface area contributed by atoms with Crippen LogP contribution in [0.15, 0.2) is 30.4 Å². The van der Waals surface area contributed by atoms with Crippen LogP contribution >= 0.6 is 0 Å². The summed E-state index contributed by atoms with van der Waals surface area (Å²) in [6, 6.07) is 3.90. The molecule has 1 rings (SSSR count). The molecule has 5 nitrogen and oxygen atoms in total. The summed E-state index contributed by atoms with van der Waals surface area (Å²) < 4.78 is 10.1. The fraction of sp³-hybridized carbons (Fsp3) is 0.286. The van der Waals surface area contributed by atoms with Crippen molar-refractivity contribution in [2.24, 2.45) is 0 Å². The molecule has 0 aliphatic rings. The Bertz CT molecular complexity index is 505. The molecule has 0 heterocycles. The molecule has 0 saturated carbocycles. The summed E-state index contributed by atoms with van der Waals surface area (Å²) in [5, 5.41) is 9.37. The van der Waals surface area contributed by atoms with Crippen LogP contribution in [-0.4, -0.2) is 17.0 Å². The van der Waals surface area contributed by atoms with Crippen LogP contribution < -0.4 is 9.47 Å². The molecule has 102 valence electrons. The molecule has 0 fully saturated rings. The Morgan fingerprint density at radius 2 is 1.95 bits per heavy atom. The van der Waals surface area contributed by atoms with Crippen LogP contribution in [0.4, 0.5) is 0 Å². The van der Waals surface area contributed by atoms with Crippen molar-refractivity contribution in [3.63, 3.8) is 0 Å². The van der Waals surface area contributed by atoms with Gasteiger partial charge in [-0.2, -0.15) is 0 Å². The summed E-state index contributed by atoms with van der Waals surface area (Å²) in [5.41, 5.74) is 0.221. The minimum atomic E-state index is -0.626. The minimum absolute atomic E-state index is 0.00745. The molecule has 0 saturated heterocycles. The lowest BCUT2D eigenvalue weighted by Crippen LogP contribution is -2.12. The van der Waals surface area contributed by atoms with Crippen LogP contribution in [0.3, 0.4) is 0 Å². The van der Waals surface area contributed by atoms with Gasteiger partial charge >= 0.3 is 11.9 Å². The molecule has 1 aromatic rings. The number of hydrogen-bond donors (Lipinski definition) is 1. The molecule has 19 heavy (non-hydrogen) atoms. The number of ether oxygens (including phenoxy) is 2. The zero-order valence-electron chi connectivity index (χ0n) is 10.9. The average molecular weight is 264 g/mol. The molecule has 1 aromatic carbocycles. The third-order valence-electron chi connectivity index (χ3n) is 2.16. The van der Waals surface area contributed by atoms with E-state index < -0.39 is 11.9 Å². The number of phenolic OH excluding ortho intramolecular Hbond substituents is 1. The summed E-state index contributed by atoms with van der Waals surface area (Å²) >= 11 is 0. The number of aromatic hydroxyl groups is 1. The Morgan fingerprint density at radius 3 is 2.53 bits per heavy atom. The van der Waals surface area contributed by atoms with Crippen LogP contribution in [0.2, 0.25) is 0 Å². The number of benzene rings is 1. The second-order valence-corrected chi connectivity index (χ2v) is 4.02. The largest absolute Gasteiger partial charge is 0.508 e. The number of esters is 2. The summed E-state index contributed by atoms with van der Waals surface area (Å²) in [6.07, 6.45) is 0.877. The van der Waals surface area contributed by atoms with Gasteiger partial charge in [-0.3, -0.25) is 4.79 Å². The highest BCUT2D eigenvalue weighted by Gasteiger charge is 2.14. The maximum atomic E-state index is 11.4. The maximum absolute atomic E-state index is 11.4. The van der Waals surface area contributed by atoms with E-state index >= 15 is 0 Å². The summed E-state index contributed by atoms with van der Waals surface area (Å²) in [7, 11) is 0. The van der Waals surface area contributed by atoms with Gasteiger partial charge in [0.2, 0.25) is 0 Å². The number of carbonyl (C=O) groups is 2. The van der Waals surface area contributed by atoms with Gasteiger partial charge in [0.1, 0.15) is 5.75 Å². The van der Waals surface area contributed by atoms with E-state index in [1.807, 2.05) is 6.92 Å². The van der Waals surface area contributed by atoms with Crippen molar-refractivity contribution in [2.45, 2.75) is 26.7 Å². The SMILES string of the molecule is C=C(C)C(=O)Oc1ccc(O)cc1OC(=O)CCC. The van der Waals surface area contributed by atoms with Gasteiger partial charge < -0.3 is 14.6 Å². The van der Waals surface area contributed by atoms with E-state index in [0.717, 1.165) is 0 Å². The maximum Gasteiger partial charge on any atom is 0.338 e. The molecular formula is C14H16O5. The molecule has 0 unspecified atom stereocenters. The first-order valence-corrected chi connectivity index (χ1v) is 5.85. The van der Waals surface area contributed by atoms with E-state index in [9.17, 15) is 14.7 Å². The standard InChI is InChI=1S/C14H16O5/c1-4-5-13(16)18-12-8-10(15)6-7-11(12)19-14(17)9(2)3/h6-8,15H,2,4-5H2,1,3H3. The van der Waals surface area contributed by atoms with Crippen molar-refractivity contribution >= 4 is 11.9 Å². The molecule has 0 amide bonds. The predicted octanol–water partition coefficient (Wildman–Crippen LogP) is 2.58. The van der Waals surface area contributed by atoms with Gasteiger partial charge in [0.25, 0.3) is 0 Å². The average Bonchev–Trinajstić information content (AvgIpc) is 2.32. The first-order valence-electron chi connectivity index (χ1n) is 5.85. The van der Waals surface area contributed by atoms with Crippen molar-refractivity contribution in [1.82, 2.24) is 0 Å². The number of hydrogen-bond acceptors (Lipinski definition) is 5. The molecule has 1 N–H and O–H groups in total. The Balaban J connectivity index is 2.94. The summed E-state index contributed by atoms with van der Waals surface area (Å²) in [5.74, 6) is -1.10. The molecule has 0 aromatic heterocycles. The molecule has 0 radical (unpaired) electrons. The van der Waals surface area contributed by atoms with Crippen molar-refractivity contribution in [3.8, 4) is 17.2 Å². The molecular weight excluding hydrogens is 248 g/mol. The lowest BCUT2D eigenvalue weighted by molar-refractivity contribution is -0.135. The monoisotopic (exact) mass is 264 g/mol. The Kier molecular flexibility index (Phi) is 5.11. The fourth-order valence-corrected chi connectivity index (χ4v) is 1.23. The highest BCUT2D eigenvalue weighted by atomic mass is 16.6. The molecule has 5 heteroatoms. The van der Waals surface area contributed by atoms with E-state index in [-0.39, 0.29) is 29.2 Å². The Labute approximate surface area is 111 Å². The highest BCUT2D eigenvalue weighted by Crippen LogP contribution is 2.31. The second-order valence-electron chi connectivity index (χ2n) is 4.02. The van der Waals surface area contributed by atoms with Gasteiger partial charge in [0.15, 0.2) is 11.5 Å². The lowest BCUT2D eigenvalue weighted by atomic mass is 10.3. The van der Waals surface area contributed by atoms with Crippen molar-refractivity contribution in [1.29, 1.82) is 0 Å². The summed E-state index contributed by atoms with van der Waals surface area (Å²) in [4.78, 5) is 22.9. The van der Waals surface area contributed by atoms with E-state index in [4.69, 9.17) is 9.47 Å². The van der Waals surface area contributed by atoms with E-state index in [2.05, 4.69) is 6.58 Å². The molecule has 0 atom stereocenters. The smallest absolute Gasteiger partial charge is 0.338 e. The van der Waals surface area contributed by atoms with Crippen LogP contribution in [0.5, 0.6) is 17.2 Å². The zero-order valence-corrected chi connectivity index (χ0v) is 10.9. The van der Waals surface area contributed by atoms with Crippen LogP contribution in [0.1, 0.15) is 26.7 Å². The Hall–Kier alpha value is -2.30. The van der Waals surface area contributed by atoms with Crippen LogP contribution in [-0.2, 0) is 9.59 Å². The molecule has 0 aliphatic heterocycles. The second kappa shape index (κ2) is 6.58.